The van der Waals surface area contributed by atoms with Crippen LogP contribution >= 0.6 is 0 Å². The van der Waals surface area contributed by atoms with Crippen LogP contribution in [0.1, 0.15) is 27.7 Å². The van der Waals surface area contributed by atoms with Gasteiger partial charge in [-0.2, -0.15) is 21.6 Å². The van der Waals surface area contributed by atoms with Gasteiger partial charge in [0.1, 0.15) is 0 Å². The Bertz CT molecular complexity index is 203. The van der Waals surface area contributed by atoms with E-state index in [4.69, 9.17) is 0 Å². The van der Waals surface area contributed by atoms with Gasteiger partial charge in [0.2, 0.25) is 0 Å². The van der Waals surface area contributed by atoms with E-state index >= 15 is 0 Å². The van der Waals surface area contributed by atoms with Crippen LogP contribution in [0.3, 0.4) is 0 Å². The normalized spacial score (nSPS) is 7.47. The number of alkyl halides is 4. The first kappa shape index (κ1) is 49.5. The van der Waals surface area contributed by atoms with Gasteiger partial charge in [0.15, 0.2) is 0 Å². The van der Waals surface area contributed by atoms with Crippen molar-refractivity contribution in [2.75, 3.05) is 14.3 Å². The predicted molar refractivity (Wildman–Crippen MR) is 51.7 cm³/mol. The van der Waals surface area contributed by atoms with Crippen LogP contribution in [0.2, 0.25) is 0 Å². The first-order chi connectivity index (χ1) is 6.81. The molecular formula is C7H18Ar2CsF5O3S. The van der Waals surface area contributed by atoms with Gasteiger partial charge >= 0.3 is 84.5 Å². The standard InChI is InChI=1S/C2H3F3O3S.2C2H6.CH3F.2Ar.Cs.FH/c1-8-9(6,7)2(3,4)5;3*1-2;;;;/h1H3;2*1-2H3;1H3;;;;1H/q;;;;;;+1;/p-1. The SMILES string of the molecule is CC.CC.CF.COS(=O)(=O)C(F)(F)F.[Ar].[Ar].[Cs+].[F-]. The van der Waals surface area contributed by atoms with E-state index in [1.54, 1.807) is 0 Å². The smallest absolute Gasteiger partial charge is 1.00 e. The number of hydrogen-bond donors (Lipinski definition) is 0. The molecule has 0 bridgehead atoms. The molecule has 0 fully saturated rings. The second-order valence-corrected chi connectivity index (χ2v) is 2.77. The first-order valence-electron chi connectivity index (χ1n) is 4.06. The summed E-state index contributed by atoms with van der Waals surface area (Å²) in [6, 6.07) is 0. The average Bonchev–Trinajstić information content (AvgIpc) is 2.25. The summed E-state index contributed by atoms with van der Waals surface area (Å²) in [7, 11) is -4.39. The van der Waals surface area contributed by atoms with Crippen molar-refractivity contribution in [3.05, 3.63) is 0 Å². The second-order valence-electron chi connectivity index (χ2n) is 1.07. The van der Waals surface area contributed by atoms with Gasteiger partial charge in [-0.1, -0.05) is 27.7 Å². The van der Waals surface area contributed by atoms with E-state index in [0.717, 1.165) is 0 Å². The maximum absolute atomic E-state index is 11.1. The van der Waals surface area contributed by atoms with Crippen molar-refractivity contribution in [2.24, 2.45) is 0 Å². The number of hydrogen-bond acceptors (Lipinski definition) is 3. The fourth-order valence-corrected chi connectivity index (χ4v) is 0.283. The zero-order valence-corrected chi connectivity index (χ0v) is 20.2. The van der Waals surface area contributed by atoms with Crippen LogP contribution < -0.4 is 73.6 Å². The minimum atomic E-state index is -5.34. The molecule has 0 rings (SSSR count). The van der Waals surface area contributed by atoms with Gasteiger partial charge in [0, 0.05) is 75.5 Å². The Hall–Kier alpha value is 4.13. The van der Waals surface area contributed by atoms with Crippen LogP contribution in [0.25, 0.3) is 0 Å². The number of halogens is 5. The van der Waals surface area contributed by atoms with Crippen molar-refractivity contribution in [3.63, 3.8) is 0 Å². The molecule has 0 saturated carbocycles. The minimum Gasteiger partial charge on any atom is -1.00 e. The van der Waals surface area contributed by atoms with E-state index < -0.39 is 15.6 Å². The van der Waals surface area contributed by atoms with Crippen molar-refractivity contribution in [3.8, 4) is 0 Å². The summed E-state index contributed by atoms with van der Waals surface area (Å²) in [5, 5.41) is 0. The van der Waals surface area contributed by atoms with Gasteiger partial charge < -0.3 is 4.70 Å². The van der Waals surface area contributed by atoms with Crippen molar-refractivity contribution in [1.29, 1.82) is 0 Å². The van der Waals surface area contributed by atoms with Crippen LogP contribution in [-0.4, -0.2) is 28.2 Å². The molecule has 0 heterocycles. The Morgan fingerprint density at radius 3 is 1.05 bits per heavy atom. The molecule has 0 aliphatic rings. The molecule has 0 aromatic heterocycles. The third-order valence-corrected chi connectivity index (χ3v) is 1.51. The van der Waals surface area contributed by atoms with Crippen molar-refractivity contribution >= 4 is 10.1 Å². The second kappa shape index (κ2) is 33.7. The Balaban J connectivity index is -0.0000000179. The fourth-order valence-electron chi connectivity index (χ4n) is 0.0945. The Labute approximate surface area is 231 Å². The Morgan fingerprint density at radius 1 is 0.895 bits per heavy atom. The molecule has 0 unspecified atom stereocenters. The molecule has 19 heavy (non-hydrogen) atoms. The summed E-state index contributed by atoms with van der Waals surface area (Å²) < 4.78 is 65.4. The molecule has 0 saturated heterocycles. The summed E-state index contributed by atoms with van der Waals surface area (Å²) in [6.07, 6.45) is 0. The largest absolute Gasteiger partial charge is 1.00 e. The van der Waals surface area contributed by atoms with E-state index in [1.807, 2.05) is 27.7 Å². The van der Waals surface area contributed by atoms with Gasteiger partial charge in [-0.05, 0) is 0 Å². The quantitative estimate of drug-likeness (QED) is 0.226. The third kappa shape index (κ3) is 34.5. The molecule has 0 aromatic carbocycles. The molecule has 0 amide bonds. The zero-order chi connectivity index (χ0) is 13.7. The van der Waals surface area contributed by atoms with E-state index in [0.29, 0.717) is 14.3 Å². The van der Waals surface area contributed by atoms with Crippen LogP contribution in [0, 0.1) is 75.5 Å². The predicted octanol–water partition coefficient (Wildman–Crippen LogP) is -2.87. The van der Waals surface area contributed by atoms with Crippen LogP contribution in [0.5, 0.6) is 0 Å². The maximum atomic E-state index is 11.1. The Morgan fingerprint density at radius 2 is 1.05 bits per heavy atom. The Kier molecular flexibility index (Phi) is 87.7. The molecular weight excluding hydrogens is 472 g/mol. The molecule has 0 atom stereocenters. The van der Waals surface area contributed by atoms with Crippen LogP contribution in [0.4, 0.5) is 17.6 Å². The van der Waals surface area contributed by atoms with Gasteiger partial charge in [0.05, 0.1) is 14.3 Å². The molecule has 0 N–H and O–H groups in total. The van der Waals surface area contributed by atoms with Crippen LogP contribution in [0.15, 0.2) is 0 Å². The van der Waals surface area contributed by atoms with E-state index in [-0.39, 0.29) is 149 Å². The molecule has 0 spiro atoms. The summed E-state index contributed by atoms with van der Waals surface area (Å²) >= 11 is 0. The molecule has 0 aliphatic carbocycles. The summed E-state index contributed by atoms with van der Waals surface area (Å²) in [4.78, 5) is 0. The van der Waals surface area contributed by atoms with Gasteiger partial charge in [0.25, 0.3) is 0 Å². The fraction of sp³-hybridized carbons (Fsp3) is 1.00. The minimum absolute atomic E-state index is 0. The van der Waals surface area contributed by atoms with Crippen LogP contribution in [-0.2, 0) is 14.3 Å². The van der Waals surface area contributed by atoms with Gasteiger partial charge in [-0.3, -0.25) is 8.57 Å². The third-order valence-electron chi connectivity index (χ3n) is 0.503. The molecule has 0 aliphatic heterocycles. The average molecular weight is 490 g/mol. The van der Waals surface area contributed by atoms with E-state index in [2.05, 4.69) is 4.18 Å². The molecule has 0 radical (unpaired) electrons. The monoisotopic (exact) mass is 490 g/mol. The summed E-state index contributed by atoms with van der Waals surface area (Å²) in [5.74, 6) is 0. The van der Waals surface area contributed by atoms with Gasteiger partial charge in [-0.15, -0.1) is 0 Å². The van der Waals surface area contributed by atoms with Gasteiger partial charge in [-0.25, -0.2) is 0 Å². The van der Waals surface area contributed by atoms with E-state index in [1.165, 1.54) is 0 Å². The molecule has 122 valence electrons. The topological polar surface area (TPSA) is 43.4 Å². The molecule has 12 heteroatoms. The number of rotatable bonds is 1. The van der Waals surface area contributed by atoms with Crippen molar-refractivity contribution in [1.82, 2.24) is 0 Å². The summed E-state index contributed by atoms with van der Waals surface area (Å²) in [6.45, 7) is 8.00. The molecule has 0 aromatic rings. The maximum Gasteiger partial charge on any atom is 1.00 e. The van der Waals surface area contributed by atoms with Crippen molar-refractivity contribution < 1.29 is 179 Å². The van der Waals surface area contributed by atoms with E-state index in [9.17, 15) is 26.0 Å². The molecule has 3 nitrogen and oxygen atoms in total. The zero-order valence-electron chi connectivity index (χ0n) is 11.7. The summed E-state index contributed by atoms with van der Waals surface area (Å²) in [5.41, 5.74) is -5.30. The van der Waals surface area contributed by atoms with Crippen molar-refractivity contribution in [2.45, 2.75) is 33.2 Å². The first-order valence-corrected chi connectivity index (χ1v) is 5.47.